The maximum atomic E-state index is 12.5. The average Bonchev–Trinajstić information content (AvgIpc) is 3.15. The highest BCUT2D eigenvalue weighted by Gasteiger charge is 2.42. The third kappa shape index (κ3) is 3.22. The van der Waals surface area contributed by atoms with Gasteiger partial charge in [0, 0.05) is 19.3 Å². The molecule has 1 unspecified atom stereocenters. The number of carbonyl (C=O) groups excluding carboxylic acids is 1. The van der Waals surface area contributed by atoms with Gasteiger partial charge >= 0.3 is 12.0 Å². The van der Waals surface area contributed by atoms with Gasteiger partial charge in [-0.05, 0) is 37.6 Å². The Hall–Kier alpha value is -2.12. The molecule has 2 amide bonds. The highest BCUT2D eigenvalue weighted by Crippen LogP contribution is 2.35. The fourth-order valence-electron chi connectivity index (χ4n) is 2.65. The number of carbonyl (C=O) groups is 2. The molecule has 1 fully saturated rings. The van der Waals surface area contributed by atoms with Crippen LogP contribution in [0.1, 0.15) is 13.3 Å². The predicted octanol–water partition coefficient (Wildman–Crippen LogP) is 3.79. The first kappa shape index (κ1) is 16.7. The van der Waals surface area contributed by atoms with Gasteiger partial charge in [-0.3, -0.25) is 9.78 Å². The zero-order valence-electron chi connectivity index (χ0n) is 13.0. The molecule has 0 radical (unpaired) electrons. The molecular formula is C16H16ClN3O3S. The van der Waals surface area contributed by atoms with Gasteiger partial charge in [0.25, 0.3) is 0 Å². The summed E-state index contributed by atoms with van der Waals surface area (Å²) in [6.45, 7) is 2.26. The Kier molecular flexibility index (Phi) is 4.47. The number of amides is 2. The Labute approximate surface area is 148 Å². The van der Waals surface area contributed by atoms with Crippen molar-refractivity contribution in [1.82, 2.24) is 9.88 Å². The van der Waals surface area contributed by atoms with E-state index in [2.05, 4.69) is 10.3 Å². The van der Waals surface area contributed by atoms with E-state index in [1.165, 1.54) is 16.2 Å². The number of rotatable bonds is 3. The molecular weight excluding hydrogens is 350 g/mol. The number of nitrogens with zero attached hydrogens (tertiary/aromatic N) is 2. The standard InChI is InChI=1S/C16H16ClN3O3S/c1-16(14(21)22)6-8-20(9-16)15(23)19-10-3-2-7-18-13(10)11-4-5-12(17)24-11/h2-5,7H,6,8-9H2,1H3,(H,19,23)(H,21,22). The summed E-state index contributed by atoms with van der Waals surface area (Å²) in [5, 5.41) is 12.1. The van der Waals surface area contributed by atoms with Crippen molar-refractivity contribution in [2.75, 3.05) is 18.4 Å². The second-order valence-corrected chi connectivity index (χ2v) is 7.69. The van der Waals surface area contributed by atoms with E-state index in [9.17, 15) is 14.7 Å². The van der Waals surface area contributed by atoms with Crippen LogP contribution in [0.5, 0.6) is 0 Å². The van der Waals surface area contributed by atoms with Gasteiger partial charge in [0.1, 0.15) is 5.69 Å². The number of hydrogen-bond acceptors (Lipinski definition) is 4. The smallest absolute Gasteiger partial charge is 0.321 e. The number of aromatic nitrogens is 1. The summed E-state index contributed by atoms with van der Waals surface area (Å²) in [7, 11) is 0. The molecule has 0 aliphatic carbocycles. The molecule has 1 saturated heterocycles. The minimum Gasteiger partial charge on any atom is -0.481 e. The van der Waals surface area contributed by atoms with Crippen molar-refractivity contribution < 1.29 is 14.7 Å². The maximum absolute atomic E-state index is 12.5. The van der Waals surface area contributed by atoms with Crippen LogP contribution in [0.2, 0.25) is 4.34 Å². The van der Waals surface area contributed by atoms with Crippen molar-refractivity contribution in [2.24, 2.45) is 5.41 Å². The highest BCUT2D eigenvalue weighted by molar-refractivity contribution is 7.19. The Morgan fingerprint density at radius 1 is 1.42 bits per heavy atom. The van der Waals surface area contributed by atoms with Crippen LogP contribution in [-0.2, 0) is 4.79 Å². The largest absolute Gasteiger partial charge is 0.481 e. The van der Waals surface area contributed by atoms with E-state index in [0.717, 1.165) is 4.88 Å². The zero-order valence-corrected chi connectivity index (χ0v) is 14.5. The lowest BCUT2D eigenvalue weighted by molar-refractivity contribution is -0.146. The number of urea groups is 1. The summed E-state index contributed by atoms with van der Waals surface area (Å²) in [5.41, 5.74) is 0.323. The van der Waals surface area contributed by atoms with E-state index in [-0.39, 0.29) is 12.6 Å². The number of likely N-dealkylation sites (tertiary alicyclic amines) is 1. The summed E-state index contributed by atoms with van der Waals surface area (Å²) in [5.74, 6) is -0.881. The number of carboxylic acid groups (broad SMARTS) is 1. The summed E-state index contributed by atoms with van der Waals surface area (Å²) >= 11 is 7.35. The number of thiophene rings is 1. The molecule has 24 heavy (non-hydrogen) atoms. The van der Waals surface area contributed by atoms with Crippen molar-refractivity contribution in [2.45, 2.75) is 13.3 Å². The van der Waals surface area contributed by atoms with Gasteiger partial charge in [-0.25, -0.2) is 4.79 Å². The SMILES string of the molecule is CC1(C(=O)O)CCN(C(=O)Nc2cccnc2-c2ccc(Cl)s2)C1. The highest BCUT2D eigenvalue weighted by atomic mass is 35.5. The van der Waals surface area contributed by atoms with Crippen molar-refractivity contribution in [3.63, 3.8) is 0 Å². The van der Waals surface area contributed by atoms with Crippen molar-refractivity contribution in [3.05, 3.63) is 34.8 Å². The number of pyridine rings is 1. The predicted molar refractivity (Wildman–Crippen MR) is 93.5 cm³/mol. The Morgan fingerprint density at radius 2 is 2.21 bits per heavy atom. The van der Waals surface area contributed by atoms with Crippen LogP contribution in [-0.4, -0.2) is 40.1 Å². The molecule has 0 saturated carbocycles. The number of anilines is 1. The molecule has 2 N–H and O–H groups in total. The summed E-state index contributed by atoms with van der Waals surface area (Å²) in [4.78, 5) is 30.5. The molecule has 1 aliphatic heterocycles. The Bertz CT molecular complexity index is 794. The average molecular weight is 366 g/mol. The minimum absolute atomic E-state index is 0.189. The fraction of sp³-hybridized carbons (Fsp3) is 0.312. The third-order valence-corrected chi connectivity index (χ3v) is 5.37. The van der Waals surface area contributed by atoms with Gasteiger partial charge in [0.05, 0.1) is 20.3 Å². The number of carboxylic acids is 1. The van der Waals surface area contributed by atoms with Gasteiger partial charge < -0.3 is 15.3 Å². The van der Waals surface area contributed by atoms with E-state index in [1.807, 2.05) is 6.07 Å². The van der Waals surface area contributed by atoms with Gasteiger partial charge in [0.2, 0.25) is 0 Å². The van der Waals surface area contributed by atoms with Crippen LogP contribution in [0, 0.1) is 5.41 Å². The molecule has 1 atom stereocenters. The summed E-state index contributed by atoms with van der Waals surface area (Å²) in [6, 6.07) is 6.81. The first-order chi connectivity index (χ1) is 11.4. The minimum atomic E-state index is -0.892. The van der Waals surface area contributed by atoms with Crippen molar-refractivity contribution in [3.8, 4) is 10.6 Å². The first-order valence-corrected chi connectivity index (χ1v) is 8.58. The van der Waals surface area contributed by atoms with Gasteiger partial charge in [-0.1, -0.05) is 11.6 Å². The van der Waals surface area contributed by atoms with E-state index in [1.54, 1.807) is 31.3 Å². The molecule has 126 valence electrons. The lowest BCUT2D eigenvalue weighted by Crippen LogP contribution is -2.37. The molecule has 0 aromatic carbocycles. The molecule has 1 aliphatic rings. The molecule has 3 rings (SSSR count). The van der Waals surface area contributed by atoms with Crippen LogP contribution < -0.4 is 5.32 Å². The number of halogens is 1. The van der Waals surface area contributed by atoms with Crippen LogP contribution in [0.3, 0.4) is 0 Å². The number of aliphatic carboxylic acids is 1. The second kappa shape index (κ2) is 6.41. The summed E-state index contributed by atoms with van der Waals surface area (Å²) < 4.78 is 0.643. The number of hydrogen-bond donors (Lipinski definition) is 2. The van der Waals surface area contributed by atoms with E-state index in [0.29, 0.717) is 28.7 Å². The normalized spacial score (nSPS) is 20.2. The number of nitrogens with one attached hydrogen (secondary N) is 1. The Balaban J connectivity index is 1.78. The fourth-order valence-corrected chi connectivity index (χ4v) is 3.70. The zero-order chi connectivity index (χ0) is 17.3. The van der Waals surface area contributed by atoms with Crippen molar-refractivity contribution in [1.29, 1.82) is 0 Å². The molecule has 3 heterocycles. The lowest BCUT2D eigenvalue weighted by atomic mass is 9.90. The molecule has 6 nitrogen and oxygen atoms in total. The summed E-state index contributed by atoms with van der Waals surface area (Å²) in [6.07, 6.45) is 2.09. The van der Waals surface area contributed by atoms with E-state index >= 15 is 0 Å². The lowest BCUT2D eigenvalue weighted by Gasteiger charge is -2.21. The molecule has 2 aromatic rings. The molecule has 8 heteroatoms. The molecule has 0 bridgehead atoms. The monoisotopic (exact) mass is 365 g/mol. The van der Waals surface area contributed by atoms with Crippen LogP contribution in [0.25, 0.3) is 10.6 Å². The first-order valence-electron chi connectivity index (χ1n) is 7.39. The quantitative estimate of drug-likeness (QED) is 0.866. The van der Waals surface area contributed by atoms with Crippen LogP contribution in [0.4, 0.5) is 10.5 Å². The van der Waals surface area contributed by atoms with E-state index < -0.39 is 11.4 Å². The van der Waals surface area contributed by atoms with Crippen LogP contribution >= 0.6 is 22.9 Å². The van der Waals surface area contributed by atoms with Crippen molar-refractivity contribution >= 4 is 40.6 Å². The third-order valence-electron chi connectivity index (χ3n) is 4.13. The van der Waals surface area contributed by atoms with Gasteiger partial charge in [-0.15, -0.1) is 11.3 Å². The Morgan fingerprint density at radius 3 is 2.83 bits per heavy atom. The maximum Gasteiger partial charge on any atom is 0.321 e. The second-order valence-electron chi connectivity index (χ2n) is 5.97. The molecule has 2 aromatic heterocycles. The van der Waals surface area contributed by atoms with Gasteiger partial charge in [0.15, 0.2) is 0 Å². The van der Waals surface area contributed by atoms with Crippen LogP contribution in [0.15, 0.2) is 30.5 Å². The van der Waals surface area contributed by atoms with E-state index in [4.69, 9.17) is 11.6 Å². The molecule has 0 spiro atoms. The van der Waals surface area contributed by atoms with Gasteiger partial charge in [-0.2, -0.15) is 0 Å². The topological polar surface area (TPSA) is 82.5 Å².